The zero-order chi connectivity index (χ0) is 13.9. The summed E-state index contributed by atoms with van der Waals surface area (Å²) in [5.41, 5.74) is 5.36. The van der Waals surface area contributed by atoms with E-state index >= 15 is 0 Å². The summed E-state index contributed by atoms with van der Waals surface area (Å²) in [6, 6.07) is 15.7. The Morgan fingerprint density at radius 3 is 2.60 bits per heavy atom. The second kappa shape index (κ2) is 5.30. The highest BCUT2D eigenvalue weighted by atomic mass is 32.1. The highest BCUT2D eigenvalue weighted by molar-refractivity contribution is 7.21. The molecule has 2 aromatic carbocycles. The van der Waals surface area contributed by atoms with Gasteiger partial charge in [-0.15, -0.1) is 11.3 Å². The second-order valence-corrected chi connectivity index (χ2v) is 5.29. The van der Waals surface area contributed by atoms with Gasteiger partial charge in [0.1, 0.15) is 5.01 Å². The van der Waals surface area contributed by atoms with Crippen molar-refractivity contribution in [2.24, 2.45) is 0 Å². The van der Waals surface area contributed by atoms with E-state index in [9.17, 15) is 4.79 Å². The Kier molecular flexibility index (Phi) is 3.35. The van der Waals surface area contributed by atoms with E-state index in [1.54, 1.807) is 11.3 Å². The van der Waals surface area contributed by atoms with Gasteiger partial charge in [-0.3, -0.25) is 4.79 Å². The van der Waals surface area contributed by atoms with E-state index in [1.165, 1.54) is 11.6 Å². The van der Waals surface area contributed by atoms with Crippen molar-refractivity contribution < 1.29 is 9.63 Å². The Hall–Kier alpha value is -2.40. The molecule has 5 heteroatoms. The van der Waals surface area contributed by atoms with Crippen molar-refractivity contribution in [1.82, 2.24) is 4.98 Å². The van der Waals surface area contributed by atoms with Gasteiger partial charge in [0.05, 0.1) is 15.9 Å². The minimum atomic E-state index is -0.375. The van der Waals surface area contributed by atoms with Gasteiger partial charge in [-0.1, -0.05) is 12.1 Å². The number of carbonyl (C=O) groups is 1. The Morgan fingerprint density at radius 2 is 1.90 bits per heavy atom. The van der Waals surface area contributed by atoms with Gasteiger partial charge >= 0.3 is 5.97 Å². The smallest absolute Gasteiger partial charge is 0.329 e. The molecule has 4 nitrogen and oxygen atoms in total. The van der Waals surface area contributed by atoms with E-state index < -0.39 is 0 Å². The lowest BCUT2D eigenvalue weighted by Gasteiger charge is -2.04. The third-order valence-corrected chi connectivity index (χ3v) is 3.82. The number of aromatic nitrogens is 1. The van der Waals surface area contributed by atoms with Crippen molar-refractivity contribution >= 4 is 33.2 Å². The molecular weight excluding hydrogens is 272 g/mol. The molecule has 1 heterocycles. The van der Waals surface area contributed by atoms with Crippen molar-refractivity contribution in [2.75, 3.05) is 5.48 Å². The summed E-state index contributed by atoms with van der Waals surface area (Å²) in [4.78, 5) is 20.0. The Bertz CT molecular complexity index is 717. The molecule has 20 heavy (non-hydrogen) atoms. The molecule has 0 fully saturated rings. The summed E-state index contributed by atoms with van der Waals surface area (Å²) in [6.07, 6.45) is 0. The highest BCUT2D eigenvalue weighted by Gasteiger charge is 2.05. The SMILES string of the molecule is CC(=O)ONc1ccc(-c2nc3ccccc3s2)cc1. The first-order valence-corrected chi connectivity index (χ1v) is 6.93. The van der Waals surface area contributed by atoms with Crippen LogP contribution in [0.5, 0.6) is 0 Å². The molecule has 0 aliphatic carbocycles. The molecule has 100 valence electrons. The number of fused-ring (bicyclic) bond motifs is 1. The van der Waals surface area contributed by atoms with Crippen LogP contribution in [-0.2, 0) is 9.63 Å². The lowest BCUT2D eigenvalue weighted by molar-refractivity contribution is -0.138. The highest BCUT2D eigenvalue weighted by Crippen LogP contribution is 2.30. The van der Waals surface area contributed by atoms with Crippen LogP contribution in [0.1, 0.15) is 6.92 Å². The topological polar surface area (TPSA) is 51.2 Å². The van der Waals surface area contributed by atoms with Crippen LogP contribution in [0.4, 0.5) is 5.69 Å². The molecule has 0 unspecified atom stereocenters. The summed E-state index contributed by atoms with van der Waals surface area (Å²) < 4.78 is 1.17. The van der Waals surface area contributed by atoms with E-state index in [4.69, 9.17) is 4.84 Å². The number of nitrogens with zero attached hydrogens (tertiary/aromatic N) is 1. The van der Waals surface area contributed by atoms with Gasteiger partial charge in [-0.2, -0.15) is 0 Å². The number of hydrogen-bond acceptors (Lipinski definition) is 5. The molecule has 0 radical (unpaired) electrons. The first-order chi connectivity index (χ1) is 9.72. The molecule has 3 rings (SSSR count). The average molecular weight is 284 g/mol. The number of anilines is 1. The zero-order valence-corrected chi connectivity index (χ0v) is 11.6. The molecule has 0 aliphatic heterocycles. The standard InChI is InChI=1S/C15H12N2O2S/c1-10(18)19-17-12-8-6-11(7-9-12)15-16-13-4-2-3-5-14(13)20-15/h2-9,17H,1H3. The molecule has 0 amide bonds. The zero-order valence-electron chi connectivity index (χ0n) is 10.8. The predicted octanol–water partition coefficient (Wildman–Crippen LogP) is 3.85. The minimum Gasteiger partial charge on any atom is -0.344 e. The van der Waals surface area contributed by atoms with Gasteiger partial charge in [0.15, 0.2) is 0 Å². The maximum atomic E-state index is 10.7. The third-order valence-electron chi connectivity index (χ3n) is 2.74. The fourth-order valence-electron chi connectivity index (χ4n) is 1.81. The molecule has 3 aromatic rings. The van der Waals surface area contributed by atoms with Gasteiger partial charge < -0.3 is 4.84 Å². The van der Waals surface area contributed by atoms with Gasteiger partial charge in [0.2, 0.25) is 0 Å². The van der Waals surface area contributed by atoms with Gasteiger partial charge in [-0.05, 0) is 36.4 Å². The summed E-state index contributed by atoms with van der Waals surface area (Å²) in [5.74, 6) is -0.375. The fourth-order valence-corrected chi connectivity index (χ4v) is 2.78. The summed E-state index contributed by atoms with van der Waals surface area (Å²) in [5, 5.41) is 0.977. The molecule has 0 saturated carbocycles. The predicted molar refractivity (Wildman–Crippen MR) is 80.4 cm³/mol. The monoisotopic (exact) mass is 284 g/mol. The van der Waals surface area contributed by atoms with E-state index in [-0.39, 0.29) is 5.97 Å². The molecule has 1 N–H and O–H groups in total. The molecule has 0 atom stereocenters. The van der Waals surface area contributed by atoms with Crippen LogP contribution in [0.3, 0.4) is 0 Å². The average Bonchev–Trinajstić information content (AvgIpc) is 2.89. The number of para-hydroxylation sites is 1. The quantitative estimate of drug-likeness (QED) is 0.742. The van der Waals surface area contributed by atoms with Crippen LogP contribution in [0, 0.1) is 0 Å². The van der Waals surface area contributed by atoms with Crippen LogP contribution in [0.2, 0.25) is 0 Å². The van der Waals surface area contributed by atoms with Crippen molar-refractivity contribution in [3.8, 4) is 10.6 Å². The Balaban J connectivity index is 1.85. The van der Waals surface area contributed by atoms with Crippen LogP contribution in [-0.4, -0.2) is 11.0 Å². The Labute approximate surface area is 120 Å². The maximum Gasteiger partial charge on any atom is 0.329 e. The first-order valence-electron chi connectivity index (χ1n) is 6.12. The molecule has 0 bridgehead atoms. The number of hydrogen-bond donors (Lipinski definition) is 1. The summed E-state index contributed by atoms with van der Waals surface area (Å²) >= 11 is 1.66. The maximum absolute atomic E-state index is 10.7. The van der Waals surface area contributed by atoms with Crippen molar-refractivity contribution in [1.29, 1.82) is 0 Å². The second-order valence-electron chi connectivity index (χ2n) is 4.26. The summed E-state index contributed by atoms with van der Waals surface area (Å²) in [7, 11) is 0. The van der Waals surface area contributed by atoms with Crippen molar-refractivity contribution in [2.45, 2.75) is 6.92 Å². The summed E-state index contributed by atoms with van der Waals surface area (Å²) in [6.45, 7) is 1.35. The van der Waals surface area contributed by atoms with Crippen LogP contribution >= 0.6 is 11.3 Å². The number of nitrogens with one attached hydrogen (secondary N) is 1. The number of benzene rings is 2. The lowest BCUT2D eigenvalue weighted by Crippen LogP contribution is -2.05. The van der Waals surface area contributed by atoms with Crippen molar-refractivity contribution in [3.63, 3.8) is 0 Å². The molecule has 0 spiro atoms. The van der Waals surface area contributed by atoms with Crippen molar-refractivity contribution in [3.05, 3.63) is 48.5 Å². The van der Waals surface area contributed by atoms with E-state index in [2.05, 4.69) is 16.5 Å². The lowest BCUT2D eigenvalue weighted by atomic mass is 10.2. The van der Waals surface area contributed by atoms with Gasteiger partial charge in [-0.25, -0.2) is 10.5 Å². The number of thiazole rings is 1. The van der Waals surface area contributed by atoms with E-state index in [0.29, 0.717) is 0 Å². The first kappa shape index (κ1) is 12.6. The largest absolute Gasteiger partial charge is 0.344 e. The normalized spacial score (nSPS) is 10.4. The van der Waals surface area contributed by atoms with Crippen LogP contribution in [0.15, 0.2) is 48.5 Å². The fraction of sp³-hybridized carbons (Fsp3) is 0.0667. The number of rotatable bonds is 3. The van der Waals surface area contributed by atoms with Crippen LogP contribution < -0.4 is 5.48 Å². The minimum absolute atomic E-state index is 0.375. The molecule has 1 aromatic heterocycles. The molecule has 0 aliphatic rings. The molecule has 0 saturated heterocycles. The van der Waals surface area contributed by atoms with Crippen LogP contribution in [0.25, 0.3) is 20.8 Å². The van der Waals surface area contributed by atoms with E-state index in [1.807, 2.05) is 42.5 Å². The third kappa shape index (κ3) is 2.62. The van der Waals surface area contributed by atoms with Gasteiger partial charge in [0, 0.05) is 12.5 Å². The van der Waals surface area contributed by atoms with Gasteiger partial charge in [0.25, 0.3) is 0 Å². The van der Waals surface area contributed by atoms with E-state index in [0.717, 1.165) is 21.8 Å². The molecular formula is C15H12N2O2S. The Morgan fingerprint density at radius 1 is 1.15 bits per heavy atom. The number of carbonyl (C=O) groups excluding carboxylic acids is 1.